The molecule has 3 heteroatoms. The smallest absolute Gasteiger partial charge is 0.311 e. The molecular formula is C10H21O2S+. The van der Waals surface area contributed by atoms with E-state index in [0.717, 1.165) is 12.2 Å². The summed E-state index contributed by atoms with van der Waals surface area (Å²) in [5.41, 5.74) is -0.319. The van der Waals surface area contributed by atoms with E-state index in [-0.39, 0.29) is 11.4 Å². The third kappa shape index (κ3) is 5.19. The molecule has 0 rings (SSSR count). The summed E-state index contributed by atoms with van der Waals surface area (Å²) in [5, 5.41) is 0. The Morgan fingerprint density at radius 2 is 1.92 bits per heavy atom. The molecule has 0 unspecified atom stereocenters. The van der Waals surface area contributed by atoms with Gasteiger partial charge in [0.2, 0.25) is 0 Å². The zero-order valence-corrected chi connectivity index (χ0v) is 10.2. The van der Waals surface area contributed by atoms with Gasteiger partial charge in [0.25, 0.3) is 0 Å². The fraction of sp³-hybridized carbons (Fsp3) is 0.900. The number of hydrogen-bond acceptors (Lipinski definition) is 2. The predicted octanol–water partition coefficient (Wildman–Crippen LogP) is 1.84. The molecule has 0 aliphatic heterocycles. The van der Waals surface area contributed by atoms with Crippen molar-refractivity contribution in [1.29, 1.82) is 0 Å². The topological polar surface area (TPSA) is 26.3 Å². The molecule has 0 aliphatic carbocycles. The van der Waals surface area contributed by atoms with Crippen LogP contribution in [0.4, 0.5) is 0 Å². The number of ether oxygens (including phenoxy) is 1. The molecule has 0 bridgehead atoms. The molecule has 13 heavy (non-hydrogen) atoms. The Morgan fingerprint density at radius 1 is 1.38 bits per heavy atom. The molecule has 0 aromatic rings. The van der Waals surface area contributed by atoms with Crippen LogP contribution in [0.25, 0.3) is 0 Å². The average molecular weight is 205 g/mol. The van der Waals surface area contributed by atoms with E-state index in [1.807, 2.05) is 20.8 Å². The number of carbonyl (C=O) groups excluding carboxylic acids is 1. The second-order valence-electron chi connectivity index (χ2n) is 4.06. The number of esters is 1. The van der Waals surface area contributed by atoms with Gasteiger partial charge in [-0.15, -0.1) is 0 Å². The molecule has 2 nitrogen and oxygen atoms in total. The molecule has 0 radical (unpaired) electrons. The Balaban J connectivity index is 3.75. The molecule has 0 saturated carbocycles. The summed E-state index contributed by atoms with van der Waals surface area (Å²) in [4.78, 5) is 11.5. The summed E-state index contributed by atoms with van der Waals surface area (Å²) in [6.07, 6.45) is 5.13. The van der Waals surface area contributed by atoms with Crippen molar-refractivity contribution in [3.63, 3.8) is 0 Å². The van der Waals surface area contributed by atoms with Crippen molar-refractivity contribution >= 4 is 16.9 Å². The molecule has 0 aliphatic rings. The van der Waals surface area contributed by atoms with Crippen LogP contribution in [0.3, 0.4) is 0 Å². The minimum absolute atomic E-state index is 0.0690. The van der Waals surface area contributed by atoms with Gasteiger partial charge in [0.1, 0.15) is 12.4 Å². The van der Waals surface area contributed by atoms with Gasteiger partial charge in [-0.25, -0.2) is 0 Å². The molecule has 0 saturated heterocycles. The molecule has 78 valence electrons. The van der Waals surface area contributed by atoms with E-state index >= 15 is 0 Å². The minimum atomic E-state index is -0.319. The summed E-state index contributed by atoms with van der Waals surface area (Å²) in [6.45, 7) is 6.42. The third-order valence-electron chi connectivity index (χ3n) is 2.16. The van der Waals surface area contributed by atoms with Crippen LogP contribution in [0.5, 0.6) is 0 Å². The highest BCUT2D eigenvalue weighted by Gasteiger charge is 2.27. The Bertz CT molecular complexity index is 164. The summed E-state index contributed by atoms with van der Waals surface area (Å²) in [7, 11) is 0.362. The monoisotopic (exact) mass is 205 g/mol. The lowest BCUT2D eigenvalue weighted by Gasteiger charge is -2.19. The summed E-state index contributed by atoms with van der Waals surface area (Å²) >= 11 is 0. The van der Waals surface area contributed by atoms with Crippen LogP contribution in [0.2, 0.25) is 0 Å². The van der Waals surface area contributed by atoms with Crippen LogP contribution in [0, 0.1) is 5.41 Å². The molecule has 0 heterocycles. The third-order valence-corrected chi connectivity index (χ3v) is 3.14. The minimum Gasteiger partial charge on any atom is -0.460 e. The van der Waals surface area contributed by atoms with E-state index in [0.29, 0.717) is 17.5 Å². The number of carbonyl (C=O) groups is 1. The molecule has 0 spiro atoms. The SMILES string of the molecule is CCC(C)(C)C(=O)OCC[S+](C)C. The maximum absolute atomic E-state index is 11.5. The fourth-order valence-electron chi connectivity index (χ4n) is 0.641. The lowest BCUT2D eigenvalue weighted by molar-refractivity contribution is -0.153. The van der Waals surface area contributed by atoms with Crippen LogP contribution < -0.4 is 0 Å². The van der Waals surface area contributed by atoms with Crippen LogP contribution in [-0.2, 0) is 20.4 Å². The predicted molar refractivity (Wildman–Crippen MR) is 59.1 cm³/mol. The Hall–Kier alpha value is -0.180. The van der Waals surface area contributed by atoms with Gasteiger partial charge in [0.05, 0.1) is 17.9 Å². The molecule has 0 N–H and O–H groups in total. The molecule has 0 aromatic heterocycles. The van der Waals surface area contributed by atoms with Crippen LogP contribution in [0.1, 0.15) is 27.2 Å². The van der Waals surface area contributed by atoms with Crippen molar-refractivity contribution in [2.45, 2.75) is 27.2 Å². The first-order valence-corrected chi connectivity index (χ1v) is 6.82. The van der Waals surface area contributed by atoms with E-state index in [9.17, 15) is 4.79 Å². The molecule has 0 fully saturated rings. The van der Waals surface area contributed by atoms with Gasteiger partial charge in [-0.2, -0.15) is 0 Å². The zero-order valence-electron chi connectivity index (χ0n) is 9.35. The van der Waals surface area contributed by atoms with E-state index in [2.05, 4.69) is 12.5 Å². The second kappa shape index (κ2) is 5.53. The van der Waals surface area contributed by atoms with E-state index in [1.165, 1.54) is 0 Å². The Labute approximate surface area is 84.4 Å². The summed E-state index contributed by atoms with van der Waals surface area (Å²) in [6, 6.07) is 0. The first-order chi connectivity index (χ1) is 5.90. The van der Waals surface area contributed by atoms with Gasteiger partial charge < -0.3 is 4.74 Å². The van der Waals surface area contributed by atoms with Crippen molar-refractivity contribution < 1.29 is 9.53 Å². The first-order valence-electron chi connectivity index (χ1n) is 4.61. The number of rotatable bonds is 5. The average Bonchev–Trinajstić information content (AvgIpc) is 2.03. The Kier molecular flexibility index (Phi) is 5.45. The molecular weight excluding hydrogens is 184 g/mol. The maximum Gasteiger partial charge on any atom is 0.311 e. The lowest BCUT2D eigenvalue weighted by atomic mass is 9.91. The zero-order chi connectivity index (χ0) is 10.5. The van der Waals surface area contributed by atoms with Crippen LogP contribution in [-0.4, -0.2) is 30.8 Å². The van der Waals surface area contributed by atoms with E-state index in [4.69, 9.17) is 4.74 Å². The normalized spacial score (nSPS) is 11.8. The van der Waals surface area contributed by atoms with Crippen LogP contribution >= 0.6 is 0 Å². The van der Waals surface area contributed by atoms with Gasteiger partial charge in [0.15, 0.2) is 0 Å². The second-order valence-corrected chi connectivity index (χ2v) is 6.44. The van der Waals surface area contributed by atoms with Crippen molar-refractivity contribution in [2.75, 3.05) is 24.9 Å². The van der Waals surface area contributed by atoms with Gasteiger partial charge in [-0.05, 0) is 31.2 Å². The largest absolute Gasteiger partial charge is 0.460 e. The highest BCUT2D eigenvalue weighted by atomic mass is 32.2. The number of hydrogen-bond donors (Lipinski definition) is 0. The molecule has 0 atom stereocenters. The highest BCUT2D eigenvalue weighted by Crippen LogP contribution is 2.21. The van der Waals surface area contributed by atoms with E-state index < -0.39 is 0 Å². The summed E-state index contributed by atoms with van der Waals surface area (Å²) < 4.78 is 5.18. The highest BCUT2D eigenvalue weighted by molar-refractivity contribution is 7.95. The van der Waals surface area contributed by atoms with Gasteiger partial charge >= 0.3 is 5.97 Å². The van der Waals surface area contributed by atoms with Gasteiger partial charge in [-0.3, -0.25) is 4.79 Å². The molecule has 0 aromatic carbocycles. The van der Waals surface area contributed by atoms with Crippen LogP contribution in [0.15, 0.2) is 0 Å². The summed E-state index contributed by atoms with van der Waals surface area (Å²) in [5.74, 6) is 0.909. The first kappa shape index (κ1) is 12.8. The Morgan fingerprint density at radius 3 is 2.31 bits per heavy atom. The van der Waals surface area contributed by atoms with Crippen molar-refractivity contribution in [3.05, 3.63) is 0 Å². The van der Waals surface area contributed by atoms with E-state index in [1.54, 1.807) is 0 Å². The fourth-order valence-corrected chi connectivity index (χ4v) is 1.06. The van der Waals surface area contributed by atoms with Gasteiger partial charge in [0, 0.05) is 0 Å². The lowest BCUT2D eigenvalue weighted by Crippen LogP contribution is -2.27. The molecule has 0 amide bonds. The standard InChI is InChI=1S/C10H21O2S/c1-6-10(2,3)9(11)12-7-8-13(4)5/h6-8H2,1-5H3/q+1. The van der Waals surface area contributed by atoms with Crippen molar-refractivity contribution in [3.8, 4) is 0 Å². The quantitative estimate of drug-likeness (QED) is 0.506. The van der Waals surface area contributed by atoms with Crippen molar-refractivity contribution in [1.82, 2.24) is 0 Å². The van der Waals surface area contributed by atoms with Gasteiger partial charge in [-0.1, -0.05) is 6.92 Å². The maximum atomic E-state index is 11.5. The van der Waals surface area contributed by atoms with Crippen molar-refractivity contribution in [2.24, 2.45) is 5.41 Å².